The number of piperidine rings is 1. The number of para-hydroxylation sites is 1. The minimum absolute atomic E-state index is 0.0377. The number of aliphatic imine (C=N–C) groups is 1. The molecule has 0 amide bonds. The molecular formula is C23H30N4OS. The SMILES string of the molecule is CN=C(NCC1CCCN(C)C1c1cccs1)NC(C)c1cc2ccccc2o1. The lowest BCUT2D eigenvalue weighted by Crippen LogP contribution is -2.45. The molecule has 2 N–H and O–H groups in total. The molecule has 2 aromatic heterocycles. The maximum atomic E-state index is 6.00. The van der Waals surface area contributed by atoms with Gasteiger partial charge in [0.05, 0.1) is 6.04 Å². The summed E-state index contributed by atoms with van der Waals surface area (Å²) in [6.07, 6.45) is 2.47. The molecule has 0 bridgehead atoms. The van der Waals surface area contributed by atoms with Crippen LogP contribution in [-0.4, -0.2) is 38.0 Å². The number of fused-ring (bicyclic) bond motifs is 1. The highest BCUT2D eigenvalue weighted by atomic mass is 32.1. The second-order valence-corrected chi connectivity index (χ2v) is 8.83. The van der Waals surface area contributed by atoms with Gasteiger partial charge in [-0.3, -0.25) is 9.89 Å². The predicted octanol–water partition coefficient (Wildman–Crippen LogP) is 4.80. The molecule has 6 heteroatoms. The average molecular weight is 411 g/mol. The van der Waals surface area contributed by atoms with Crippen molar-refractivity contribution in [3.05, 3.63) is 58.5 Å². The molecule has 0 aliphatic carbocycles. The maximum absolute atomic E-state index is 6.00. The summed E-state index contributed by atoms with van der Waals surface area (Å²) in [5, 5.41) is 10.3. The molecule has 4 rings (SSSR count). The van der Waals surface area contributed by atoms with Crippen LogP contribution in [0.3, 0.4) is 0 Å². The van der Waals surface area contributed by atoms with Crippen LogP contribution in [0.4, 0.5) is 0 Å². The Morgan fingerprint density at radius 2 is 2.17 bits per heavy atom. The van der Waals surface area contributed by atoms with Crippen LogP contribution >= 0.6 is 11.3 Å². The highest BCUT2D eigenvalue weighted by Gasteiger charge is 2.31. The van der Waals surface area contributed by atoms with Gasteiger partial charge in [0.1, 0.15) is 11.3 Å². The standard InChI is InChI=1S/C23H30N4OS/c1-16(20-14-17-8-4-5-10-19(17)28-20)26-23(24-2)25-15-18-9-6-12-27(3)22(18)21-11-7-13-29-21/h4-5,7-8,10-11,13-14,16,18,22H,6,9,12,15H2,1-3H3,(H2,24,25,26). The molecule has 3 aromatic rings. The average Bonchev–Trinajstić information content (AvgIpc) is 3.40. The molecule has 3 heterocycles. The van der Waals surface area contributed by atoms with Crippen molar-refractivity contribution in [3.8, 4) is 0 Å². The number of guanidine groups is 1. The normalized spacial score (nSPS) is 22.0. The molecule has 154 valence electrons. The fourth-order valence-corrected chi connectivity index (χ4v) is 5.28. The van der Waals surface area contributed by atoms with Gasteiger partial charge in [0.2, 0.25) is 0 Å². The molecule has 5 nitrogen and oxygen atoms in total. The second kappa shape index (κ2) is 9.01. The Hall–Kier alpha value is -2.31. The number of hydrogen-bond acceptors (Lipinski definition) is 4. The Morgan fingerprint density at radius 3 is 2.93 bits per heavy atom. The first-order chi connectivity index (χ1) is 14.2. The van der Waals surface area contributed by atoms with Crippen LogP contribution in [0.5, 0.6) is 0 Å². The summed E-state index contributed by atoms with van der Waals surface area (Å²) in [5.41, 5.74) is 0.920. The smallest absolute Gasteiger partial charge is 0.191 e. The van der Waals surface area contributed by atoms with Crippen molar-refractivity contribution in [3.63, 3.8) is 0 Å². The van der Waals surface area contributed by atoms with Gasteiger partial charge in [0.15, 0.2) is 5.96 Å². The number of nitrogens with one attached hydrogen (secondary N) is 2. The van der Waals surface area contributed by atoms with E-state index in [0.29, 0.717) is 12.0 Å². The third kappa shape index (κ3) is 4.49. The van der Waals surface area contributed by atoms with Crippen molar-refractivity contribution in [1.82, 2.24) is 15.5 Å². The fraction of sp³-hybridized carbons (Fsp3) is 0.435. The fourth-order valence-electron chi connectivity index (χ4n) is 4.30. The molecule has 1 saturated heterocycles. The minimum atomic E-state index is 0.0377. The van der Waals surface area contributed by atoms with Crippen molar-refractivity contribution < 1.29 is 4.42 Å². The first-order valence-electron chi connectivity index (χ1n) is 10.3. The van der Waals surface area contributed by atoms with E-state index in [2.05, 4.69) is 64.1 Å². The zero-order valence-corrected chi connectivity index (χ0v) is 18.2. The molecule has 1 aliphatic heterocycles. The van der Waals surface area contributed by atoms with Crippen molar-refractivity contribution >= 4 is 28.3 Å². The number of furan rings is 1. The monoisotopic (exact) mass is 410 g/mol. The molecule has 1 fully saturated rings. The van der Waals surface area contributed by atoms with Crippen LogP contribution in [0, 0.1) is 5.92 Å². The summed E-state index contributed by atoms with van der Waals surface area (Å²) >= 11 is 1.86. The van der Waals surface area contributed by atoms with Gasteiger partial charge in [-0.05, 0) is 62.9 Å². The first-order valence-corrected chi connectivity index (χ1v) is 11.2. The lowest BCUT2D eigenvalue weighted by Gasteiger charge is -2.39. The number of likely N-dealkylation sites (tertiary alicyclic amines) is 1. The lowest BCUT2D eigenvalue weighted by molar-refractivity contribution is 0.125. The van der Waals surface area contributed by atoms with Gasteiger partial charge in [0, 0.05) is 29.9 Å². The molecule has 1 aromatic carbocycles. The van der Waals surface area contributed by atoms with Crippen molar-refractivity contribution in [2.75, 3.05) is 27.2 Å². The van der Waals surface area contributed by atoms with E-state index in [1.807, 2.05) is 36.6 Å². The Balaban J connectivity index is 1.39. The van der Waals surface area contributed by atoms with Crippen LogP contribution < -0.4 is 10.6 Å². The zero-order chi connectivity index (χ0) is 20.2. The van der Waals surface area contributed by atoms with E-state index in [-0.39, 0.29) is 6.04 Å². The predicted molar refractivity (Wildman–Crippen MR) is 122 cm³/mol. The quantitative estimate of drug-likeness (QED) is 0.468. The van der Waals surface area contributed by atoms with Crippen LogP contribution in [-0.2, 0) is 0 Å². The molecule has 29 heavy (non-hydrogen) atoms. The molecule has 1 aliphatic rings. The maximum Gasteiger partial charge on any atom is 0.191 e. The van der Waals surface area contributed by atoms with Gasteiger partial charge < -0.3 is 15.1 Å². The first kappa shape index (κ1) is 20.0. The van der Waals surface area contributed by atoms with Gasteiger partial charge in [-0.15, -0.1) is 11.3 Å². The van der Waals surface area contributed by atoms with Gasteiger partial charge >= 0.3 is 0 Å². The lowest BCUT2D eigenvalue weighted by atomic mass is 9.88. The molecule has 0 radical (unpaired) electrons. The number of hydrogen-bond donors (Lipinski definition) is 2. The third-order valence-corrected chi connectivity index (χ3v) is 6.76. The summed E-state index contributed by atoms with van der Waals surface area (Å²) in [4.78, 5) is 8.39. The van der Waals surface area contributed by atoms with Crippen LogP contribution in [0.2, 0.25) is 0 Å². The number of rotatable bonds is 5. The number of thiophene rings is 1. The van der Waals surface area contributed by atoms with E-state index in [4.69, 9.17) is 4.42 Å². The third-order valence-electron chi connectivity index (χ3n) is 5.82. The highest BCUT2D eigenvalue weighted by molar-refractivity contribution is 7.10. The van der Waals surface area contributed by atoms with E-state index in [9.17, 15) is 0 Å². The Labute approximate surface area is 176 Å². The van der Waals surface area contributed by atoms with E-state index < -0.39 is 0 Å². The molecule has 0 spiro atoms. The van der Waals surface area contributed by atoms with Gasteiger partial charge in [-0.1, -0.05) is 24.3 Å². The van der Waals surface area contributed by atoms with Gasteiger partial charge in [0.25, 0.3) is 0 Å². The molecule has 0 saturated carbocycles. The topological polar surface area (TPSA) is 52.8 Å². The summed E-state index contributed by atoms with van der Waals surface area (Å²) in [7, 11) is 4.07. The Kier molecular flexibility index (Phi) is 6.21. The van der Waals surface area contributed by atoms with E-state index in [1.54, 1.807) is 0 Å². The molecular weight excluding hydrogens is 380 g/mol. The minimum Gasteiger partial charge on any atom is -0.459 e. The summed E-state index contributed by atoms with van der Waals surface area (Å²) in [6, 6.07) is 15.1. The van der Waals surface area contributed by atoms with Crippen LogP contribution in [0.25, 0.3) is 11.0 Å². The van der Waals surface area contributed by atoms with Crippen LogP contribution in [0.15, 0.2) is 57.3 Å². The van der Waals surface area contributed by atoms with E-state index >= 15 is 0 Å². The van der Waals surface area contributed by atoms with Gasteiger partial charge in [-0.25, -0.2) is 0 Å². The van der Waals surface area contributed by atoms with Crippen molar-refractivity contribution in [1.29, 1.82) is 0 Å². The van der Waals surface area contributed by atoms with Crippen molar-refractivity contribution in [2.24, 2.45) is 10.9 Å². The summed E-state index contributed by atoms with van der Waals surface area (Å²) in [6.45, 7) is 4.17. The largest absolute Gasteiger partial charge is 0.459 e. The van der Waals surface area contributed by atoms with E-state index in [0.717, 1.165) is 35.8 Å². The number of benzene rings is 1. The second-order valence-electron chi connectivity index (χ2n) is 7.85. The zero-order valence-electron chi connectivity index (χ0n) is 17.4. The Bertz CT molecular complexity index is 916. The number of nitrogens with zero attached hydrogens (tertiary/aromatic N) is 2. The summed E-state index contributed by atoms with van der Waals surface area (Å²) < 4.78 is 6.00. The van der Waals surface area contributed by atoms with Crippen molar-refractivity contribution in [2.45, 2.75) is 31.8 Å². The van der Waals surface area contributed by atoms with Crippen LogP contribution in [0.1, 0.15) is 42.5 Å². The highest BCUT2D eigenvalue weighted by Crippen LogP contribution is 2.36. The van der Waals surface area contributed by atoms with Gasteiger partial charge in [-0.2, -0.15) is 0 Å². The molecule has 3 atom stereocenters. The summed E-state index contributed by atoms with van der Waals surface area (Å²) in [5.74, 6) is 2.30. The Morgan fingerprint density at radius 1 is 1.31 bits per heavy atom. The molecule has 3 unspecified atom stereocenters. The van der Waals surface area contributed by atoms with E-state index in [1.165, 1.54) is 17.7 Å².